The van der Waals surface area contributed by atoms with E-state index >= 15 is 0 Å². The third kappa shape index (κ3) is 1.87. The molecule has 0 saturated heterocycles. The molecule has 0 bridgehead atoms. The maximum Gasteiger partial charge on any atom is 0.294 e. The molecular formula is C7H11ClO2. The lowest BCUT2D eigenvalue weighted by atomic mass is 9.97. The molecule has 1 saturated carbocycles. The van der Waals surface area contributed by atoms with Crippen molar-refractivity contribution in [2.75, 3.05) is 0 Å². The molecule has 10 heavy (non-hydrogen) atoms. The quantitative estimate of drug-likeness (QED) is 0.459. The molecule has 58 valence electrons. The van der Waals surface area contributed by atoms with Gasteiger partial charge in [0.05, 0.1) is 0 Å². The molecule has 0 aromatic heterocycles. The fraction of sp³-hybridized carbons (Fsp3) is 0.857. The number of carbonyl (C=O) groups is 1. The van der Waals surface area contributed by atoms with Crippen LogP contribution in [0.15, 0.2) is 0 Å². The van der Waals surface area contributed by atoms with E-state index in [0.29, 0.717) is 6.47 Å². The summed E-state index contributed by atoms with van der Waals surface area (Å²) in [4.78, 5) is 9.97. The second-order valence-corrected chi connectivity index (χ2v) is 3.35. The van der Waals surface area contributed by atoms with E-state index in [1.165, 1.54) is 6.42 Å². The lowest BCUT2D eigenvalue weighted by Gasteiger charge is -2.28. The highest BCUT2D eigenvalue weighted by Crippen LogP contribution is 2.34. The fourth-order valence-electron chi connectivity index (χ4n) is 1.28. The first-order valence-corrected chi connectivity index (χ1v) is 3.95. The number of halogens is 1. The fourth-order valence-corrected chi connectivity index (χ4v) is 1.59. The van der Waals surface area contributed by atoms with E-state index in [2.05, 4.69) is 0 Å². The summed E-state index contributed by atoms with van der Waals surface area (Å²) in [5.74, 6) is 0. The zero-order valence-electron chi connectivity index (χ0n) is 5.81. The van der Waals surface area contributed by atoms with E-state index in [0.717, 1.165) is 25.7 Å². The number of hydrogen-bond acceptors (Lipinski definition) is 2. The van der Waals surface area contributed by atoms with Crippen LogP contribution in [0.25, 0.3) is 0 Å². The molecule has 0 spiro atoms. The predicted octanol–water partition coefficient (Wildman–Crippen LogP) is 2.06. The van der Waals surface area contributed by atoms with Gasteiger partial charge >= 0.3 is 0 Å². The highest BCUT2D eigenvalue weighted by molar-refractivity contribution is 6.23. The van der Waals surface area contributed by atoms with Crippen LogP contribution in [0.5, 0.6) is 0 Å². The summed E-state index contributed by atoms with van der Waals surface area (Å²) in [5.41, 5.74) is 0. The van der Waals surface area contributed by atoms with Gasteiger partial charge in [-0.1, -0.05) is 18.0 Å². The summed E-state index contributed by atoms with van der Waals surface area (Å²) < 4.78 is 4.76. The molecule has 3 heteroatoms. The Bertz CT molecular complexity index is 119. The van der Waals surface area contributed by atoms with Gasteiger partial charge in [-0.05, 0) is 12.8 Å². The maximum atomic E-state index is 9.97. The van der Waals surface area contributed by atoms with Crippen molar-refractivity contribution in [1.29, 1.82) is 0 Å². The molecule has 1 fully saturated rings. The van der Waals surface area contributed by atoms with Crippen molar-refractivity contribution in [3.05, 3.63) is 0 Å². The van der Waals surface area contributed by atoms with Gasteiger partial charge in [-0.3, -0.25) is 4.79 Å². The summed E-state index contributed by atoms with van der Waals surface area (Å²) in [5, 5.41) is -0.667. The van der Waals surface area contributed by atoms with Gasteiger partial charge in [-0.2, -0.15) is 0 Å². The zero-order chi connectivity index (χ0) is 7.45. The molecule has 0 unspecified atom stereocenters. The van der Waals surface area contributed by atoms with Gasteiger partial charge in [-0.25, -0.2) is 0 Å². The Morgan fingerprint density at radius 1 is 1.30 bits per heavy atom. The van der Waals surface area contributed by atoms with E-state index in [1.54, 1.807) is 0 Å². The van der Waals surface area contributed by atoms with Gasteiger partial charge in [0.25, 0.3) is 6.47 Å². The Balaban J connectivity index is 2.39. The average molecular weight is 163 g/mol. The van der Waals surface area contributed by atoms with Crippen molar-refractivity contribution < 1.29 is 9.53 Å². The van der Waals surface area contributed by atoms with E-state index < -0.39 is 5.06 Å². The minimum atomic E-state index is -0.667. The van der Waals surface area contributed by atoms with Crippen molar-refractivity contribution in [3.63, 3.8) is 0 Å². The molecule has 0 N–H and O–H groups in total. The van der Waals surface area contributed by atoms with Gasteiger partial charge in [0.1, 0.15) is 0 Å². The highest BCUT2D eigenvalue weighted by atomic mass is 35.5. The van der Waals surface area contributed by atoms with Crippen molar-refractivity contribution in [3.8, 4) is 0 Å². The number of rotatable bonds is 2. The maximum absolute atomic E-state index is 9.97. The molecule has 0 aromatic rings. The van der Waals surface area contributed by atoms with Crippen LogP contribution in [-0.4, -0.2) is 11.5 Å². The molecule has 0 aliphatic heterocycles. The van der Waals surface area contributed by atoms with Crippen LogP contribution in [0, 0.1) is 0 Å². The first kappa shape index (κ1) is 7.86. The van der Waals surface area contributed by atoms with Crippen LogP contribution in [0.4, 0.5) is 0 Å². The van der Waals surface area contributed by atoms with E-state index in [9.17, 15) is 4.79 Å². The van der Waals surface area contributed by atoms with Crippen LogP contribution in [0.2, 0.25) is 0 Å². The second-order valence-electron chi connectivity index (χ2n) is 2.66. The first-order chi connectivity index (χ1) is 4.77. The Morgan fingerprint density at radius 2 is 1.90 bits per heavy atom. The van der Waals surface area contributed by atoms with Gasteiger partial charge in [0.15, 0.2) is 5.06 Å². The number of carbonyl (C=O) groups excluding carboxylic acids is 1. The lowest BCUT2D eigenvalue weighted by Crippen LogP contribution is -2.27. The van der Waals surface area contributed by atoms with E-state index in [1.807, 2.05) is 0 Å². The number of alkyl halides is 1. The lowest BCUT2D eigenvalue weighted by molar-refractivity contribution is -0.138. The third-order valence-electron chi connectivity index (χ3n) is 1.86. The summed E-state index contributed by atoms with van der Waals surface area (Å²) in [6.45, 7) is 0.443. The van der Waals surface area contributed by atoms with Gasteiger partial charge in [-0.15, -0.1) is 0 Å². The van der Waals surface area contributed by atoms with Gasteiger partial charge in [0, 0.05) is 12.8 Å². The first-order valence-electron chi connectivity index (χ1n) is 3.57. The summed E-state index contributed by atoms with van der Waals surface area (Å²) in [6.07, 6.45) is 4.94. The molecule has 0 radical (unpaired) electrons. The summed E-state index contributed by atoms with van der Waals surface area (Å²) in [6, 6.07) is 0. The number of ether oxygens (including phenoxy) is 1. The van der Waals surface area contributed by atoms with Crippen molar-refractivity contribution in [1.82, 2.24) is 0 Å². The average Bonchev–Trinajstić information content (AvgIpc) is 1.89. The zero-order valence-corrected chi connectivity index (χ0v) is 6.56. The summed E-state index contributed by atoms with van der Waals surface area (Å²) in [7, 11) is 0. The SMILES string of the molecule is O=COC1(Cl)CCCCC1. The monoisotopic (exact) mass is 162 g/mol. The minimum Gasteiger partial charge on any atom is -0.445 e. The normalized spacial score (nSPS) is 23.7. The van der Waals surface area contributed by atoms with Gasteiger partial charge in [0.2, 0.25) is 0 Å². The van der Waals surface area contributed by atoms with Crippen LogP contribution in [0.3, 0.4) is 0 Å². The van der Waals surface area contributed by atoms with Crippen molar-refractivity contribution in [2.24, 2.45) is 0 Å². The van der Waals surface area contributed by atoms with Crippen LogP contribution in [0.1, 0.15) is 32.1 Å². The topological polar surface area (TPSA) is 26.3 Å². The molecule has 1 aliphatic carbocycles. The van der Waals surface area contributed by atoms with Crippen LogP contribution in [-0.2, 0) is 9.53 Å². The molecular weight excluding hydrogens is 152 g/mol. The Morgan fingerprint density at radius 3 is 2.40 bits per heavy atom. The van der Waals surface area contributed by atoms with Crippen LogP contribution < -0.4 is 0 Å². The smallest absolute Gasteiger partial charge is 0.294 e. The predicted molar refractivity (Wildman–Crippen MR) is 38.8 cm³/mol. The second kappa shape index (κ2) is 3.24. The van der Waals surface area contributed by atoms with Crippen molar-refractivity contribution in [2.45, 2.75) is 37.2 Å². The van der Waals surface area contributed by atoms with E-state index in [-0.39, 0.29) is 0 Å². The Kier molecular flexibility index (Phi) is 2.55. The minimum absolute atomic E-state index is 0.443. The largest absolute Gasteiger partial charge is 0.445 e. The summed E-state index contributed by atoms with van der Waals surface area (Å²) >= 11 is 5.92. The molecule has 0 atom stereocenters. The molecule has 1 aliphatic rings. The Labute approximate surface area is 65.5 Å². The molecule has 2 nitrogen and oxygen atoms in total. The van der Waals surface area contributed by atoms with Gasteiger partial charge < -0.3 is 4.74 Å². The van der Waals surface area contributed by atoms with Crippen molar-refractivity contribution >= 4 is 18.1 Å². The Hall–Kier alpha value is -0.240. The molecule has 0 heterocycles. The molecule has 0 aromatic carbocycles. The van der Waals surface area contributed by atoms with Crippen LogP contribution >= 0.6 is 11.6 Å². The number of hydrogen-bond donors (Lipinski definition) is 0. The van der Waals surface area contributed by atoms with E-state index in [4.69, 9.17) is 16.3 Å². The highest BCUT2D eigenvalue weighted by Gasteiger charge is 2.30. The molecule has 1 rings (SSSR count). The molecule has 0 amide bonds. The standard InChI is InChI=1S/C7H11ClO2/c8-7(10-6-9)4-2-1-3-5-7/h6H,1-5H2. The third-order valence-corrected chi connectivity index (χ3v) is 2.33.